The van der Waals surface area contributed by atoms with Gasteiger partial charge in [0.05, 0.1) is 0 Å². The summed E-state index contributed by atoms with van der Waals surface area (Å²) in [5.41, 5.74) is 2.43. The zero-order chi connectivity index (χ0) is 15.0. The minimum atomic E-state index is -1.06. The van der Waals surface area contributed by atoms with E-state index in [0.29, 0.717) is 12.1 Å². The first-order valence-electron chi connectivity index (χ1n) is 6.47. The molecule has 0 aliphatic rings. The Hall–Kier alpha value is -2.69. The topological polar surface area (TPSA) is 55.1 Å². The molecule has 0 aliphatic carbocycles. The van der Waals surface area contributed by atoms with Crippen molar-refractivity contribution in [2.24, 2.45) is 7.05 Å². The van der Waals surface area contributed by atoms with Crippen molar-refractivity contribution in [3.63, 3.8) is 0 Å². The van der Waals surface area contributed by atoms with Gasteiger partial charge in [-0.2, -0.15) is 0 Å². The molecule has 1 aromatic carbocycles. The molecular formula is C16H13FN2O2. The Bertz CT molecular complexity index is 822. The smallest absolute Gasteiger partial charge is 0.354 e. The molecule has 0 saturated heterocycles. The third kappa shape index (κ3) is 2.50. The fraction of sp³-hybridized carbons (Fsp3) is 0.125. The summed E-state index contributed by atoms with van der Waals surface area (Å²) >= 11 is 0. The zero-order valence-corrected chi connectivity index (χ0v) is 11.4. The number of nitrogens with zero attached hydrogens (tertiary/aromatic N) is 2. The van der Waals surface area contributed by atoms with Gasteiger partial charge < -0.3 is 9.67 Å². The van der Waals surface area contributed by atoms with Crippen LogP contribution in [-0.4, -0.2) is 20.6 Å². The number of pyridine rings is 1. The van der Waals surface area contributed by atoms with Gasteiger partial charge in [-0.15, -0.1) is 0 Å². The van der Waals surface area contributed by atoms with Crippen molar-refractivity contribution < 1.29 is 14.3 Å². The van der Waals surface area contributed by atoms with E-state index in [4.69, 9.17) is 0 Å². The van der Waals surface area contributed by atoms with E-state index in [1.807, 2.05) is 19.3 Å². The van der Waals surface area contributed by atoms with Crippen LogP contribution in [0, 0.1) is 5.82 Å². The highest BCUT2D eigenvalue weighted by Gasteiger charge is 2.13. The van der Waals surface area contributed by atoms with Crippen LogP contribution in [-0.2, 0) is 13.5 Å². The standard InChI is InChI=1S/C16H13FN2O2/c1-19-7-6-13-11(8-10-2-4-12(17)5-3-10)9-14(16(20)21)18-15(13)19/h2-7,9H,8H2,1H3,(H,20,21). The van der Waals surface area contributed by atoms with E-state index in [1.165, 1.54) is 12.1 Å². The van der Waals surface area contributed by atoms with E-state index in [1.54, 1.807) is 22.8 Å². The summed E-state index contributed by atoms with van der Waals surface area (Å²) < 4.78 is 14.7. The molecule has 2 aromatic heterocycles. The average molecular weight is 284 g/mol. The van der Waals surface area contributed by atoms with Crippen LogP contribution >= 0.6 is 0 Å². The number of rotatable bonds is 3. The van der Waals surface area contributed by atoms with Gasteiger partial charge in [-0.1, -0.05) is 12.1 Å². The number of carbonyl (C=O) groups is 1. The van der Waals surface area contributed by atoms with E-state index in [-0.39, 0.29) is 11.5 Å². The second-order valence-corrected chi connectivity index (χ2v) is 4.94. The molecule has 4 nitrogen and oxygen atoms in total. The van der Waals surface area contributed by atoms with Crippen molar-refractivity contribution in [1.29, 1.82) is 0 Å². The highest BCUT2D eigenvalue weighted by atomic mass is 19.1. The van der Waals surface area contributed by atoms with Crippen molar-refractivity contribution in [2.45, 2.75) is 6.42 Å². The lowest BCUT2D eigenvalue weighted by Crippen LogP contribution is -2.04. The quantitative estimate of drug-likeness (QED) is 0.804. The van der Waals surface area contributed by atoms with Gasteiger partial charge in [0.1, 0.15) is 11.5 Å². The van der Waals surface area contributed by atoms with Crippen molar-refractivity contribution in [3.05, 3.63) is 65.2 Å². The third-order valence-corrected chi connectivity index (χ3v) is 3.45. The molecule has 0 unspecified atom stereocenters. The zero-order valence-electron chi connectivity index (χ0n) is 11.4. The number of hydrogen-bond donors (Lipinski definition) is 1. The van der Waals surface area contributed by atoms with Gasteiger partial charge in [-0.3, -0.25) is 0 Å². The maximum atomic E-state index is 13.0. The molecule has 0 spiro atoms. The second kappa shape index (κ2) is 5.01. The molecular weight excluding hydrogens is 271 g/mol. The molecule has 21 heavy (non-hydrogen) atoms. The Kier molecular flexibility index (Phi) is 3.17. The van der Waals surface area contributed by atoms with Gasteiger partial charge in [0.2, 0.25) is 0 Å². The summed E-state index contributed by atoms with van der Waals surface area (Å²) in [5.74, 6) is -1.34. The first kappa shape index (κ1) is 13.3. The Morgan fingerprint density at radius 2 is 2.00 bits per heavy atom. The summed E-state index contributed by atoms with van der Waals surface area (Å²) in [5, 5.41) is 10.1. The number of benzene rings is 1. The molecule has 0 atom stereocenters. The maximum Gasteiger partial charge on any atom is 0.354 e. The van der Waals surface area contributed by atoms with E-state index in [0.717, 1.165) is 16.5 Å². The summed E-state index contributed by atoms with van der Waals surface area (Å²) in [6.07, 6.45) is 2.38. The number of aromatic carboxylic acids is 1. The summed E-state index contributed by atoms with van der Waals surface area (Å²) in [6, 6.07) is 9.68. The fourth-order valence-electron chi connectivity index (χ4n) is 2.38. The van der Waals surface area contributed by atoms with E-state index >= 15 is 0 Å². The van der Waals surface area contributed by atoms with E-state index in [2.05, 4.69) is 4.98 Å². The number of carboxylic acid groups (broad SMARTS) is 1. The summed E-state index contributed by atoms with van der Waals surface area (Å²) in [6.45, 7) is 0. The molecule has 3 aromatic rings. The molecule has 1 N–H and O–H groups in total. The Morgan fingerprint density at radius 3 is 2.67 bits per heavy atom. The fourth-order valence-corrected chi connectivity index (χ4v) is 2.38. The van der Waals surface area contributed by atoms with Crippen LogP contribution in [0.5, 0.6) is 0 Å². The first-order valence-corrected chi connectivity index (χ1v) is 6.47. The minimum Gasteiger partial charge on any atom is -0.477 e. The Morgan fingerprint density at radius 1 is 1.29 bits per heavy atom. The monoisotopic (exact) mass is 284 g/mol. The average Bonchev–Trinajstić information content (AvgIpc) is 2.83. The van der Waals surface area contributed by atoms with E-state index in [9.17, 15) is 14.3 Å². The molecule has 5 heteroatoms. The lowest BCUT2D eigenvalue weighted by atomic mass is 10.0. The van der Waals surface area contributed by atoms with Gasteiger partial charge in [0, 0.05) is 18.6 Å². The largest absolute Gasteiger partial charge is 0.477 e. The number of aryl methyl sites for hydroxylation is 1. The normalized spacial score (nSPS) is 11.0. The predicted octanol–water partition coefficient (Wildman–Crippen LogP) is 3.00. The van der Waals surface area contributed by atoms with Crippen molar-refractivity contribution >= 4 is 17.0 Å². The van der Waals surface area contributed by atoms with Crippen LogP contribution in [0.25, 0.3) is 11.0 Å². The third-order valence-electron chi connectivity index (χ3n) is 3.45. The highest BCUT2D eigenvalue weighted by molar-refractivity contribution is 5.90. The molecule has 0 aliphatic heterocycles. The minimum absolute atomic E-state index is 0.0152. The van der Waals surface area contributed by atoms with Gasteiger partial charge in [-0.05, 0) is 41.8 Å². The Labute approximate surface area is 120 Å². The van der Waals surface area contributed by atoms with Crippen molar-refractivity contribution in [1.82, 2.24) is 9.55 Å². The second-order valence-electron chi connectivity index (χ2n) is 4.94. The summed E-state index contributed by atoms with van der Waals surface area (Å²) in [7, 11) is 1.82. The Balaban J connectivity index is 2.11. The number of carboxylic acids is 1. The van der Waals surface area contributed by atoms with Crippen molar-refractivity contribution in [2.75, 3.05) is 0 Å². The molecule has 0 fully saturated rings. The molecule has 0 amide bonds. The molecule has 3 rings (SSSR count). The van der Waals surface area contributed by atoms with Gasteiger partial charge in [0.15, 0.2) is 5.69 Å². The molecule has 106 valence electrons. The van der Waals surface area contributed by atoms with Crippen LogP contribution in [0.4, 0.5) is 4.39 Å². The van der Waals surface area contributed by atoms with Gasteiger partial charge in [-0.25, -0.2) is 14.2 Å². The van der Waals surface area contributed by atoms with Crippen LogP contribution in [0.3, 0.4) is 0 Å². The van der Waals surface area contributed by atoms with Gasteiger partial charge in [0.25, 0.3) is 0 Å². The maximum absolute atomic E-state index is 13.0. The SMILES string of the molecule is Cn1ccc2c(Cc3ccc(F)cc3)cc(C(=O)O)nc21. The lowest BCUT2D eigenvalue weighted by molar-refractivity contribution is 0.0690. The lowest BCUT2D eigenvalue weighted by Gasteiger charge is -2.06. The first-order chi connectivity index (χ1) is 10.0. The molecule has 2 heterocycles. The molecule has 0 bridgehead atoms. The number of halogens is 1. The predicted molar refractivity (Wildman–Crippen MR) is 76.9 cm³/mol. The summed E-state index contributed by atoms with van der Waals surface area (Å²) in [4.78, 5) is 15.4. The van der Waals surface area contributed by atoms with Crippen LogP contribution in [0.1, 0.15) is 21.6 Å². The number of aromatic nitrogens is 2. The number of hydrogen-bond acceptors (Lipinski definition) is 2. The van der Waals surface area contributed by atoms with E-state index < -0.39 is 5.97 Å². The van der Waals surface area contributed by atoms with Crippen LogP contribution < -0.4 is 0 Å². The highest BCUT2D eigenvalue weighted by Crippen LogP contribution is 2.22. The molecule has 0 radical (unpaired) electrons. The van der Waals surface area contributed by atoms with Crippen LogP contribution in [0.15, 0.2) is 42.6 Å². The number of fused-ring (bicyclic) bond motifs is 1. The van der Waals surface area contributed by atoms with Crippen LogP contribution in [0.2, 0.25) is 0 Å². The van der Waals surface area contributed by atoms with Crippen molar-refractivity contribution in [3.8, 4) is 0 Å². The van der Waals surface area contributed by atoms with Gasteiger partial charge >= 0.3 is 5.97 Å². The molecule has 0 saturated carbocycles.